The van der Waals surface area contributed by atoms with Gasteiger partial charge in [0.05, 0.1) is 18.3 Å². The molecule has 164 valence electrons. The molecule has 31 heavy (non-hydrogen) atoms. The summed E-state index contributed by atoms with van der Waals surface area (Å²) >= 11 is 0. The predicted molar refractivity (Wildman–Crippen MR) is 116 cm³/mol. The minimum Gasteiger partial charge on any atom is -0.394 e. The fraction of sp³-hybridized carbons (Fsp3) is 0.435. The predicted octanol–water partition coefficient (Wildman–Crippen LogP) is 2.29. The summed E-state index contributed by atoms with van der Waals surface area (Å²) in [5.41, 5.74) is 2.59. The molecule has 0 bridgehead atoms. The smallest absolute Gasteiger partial charge is 0.254 e. The highest BCUT2D eigenvalue weighted by molar-refractivity contribution is 5.98. The van der Waals surface area contributed by atoms with E-state index in [1.807, 2.05) is 20.0 Å². The van der Waals surface area contributed by atoms with Crippen molar-refractivity contribution in [1.82, 2.24) is 9.88 Å². The Labute approximate surface area is 181 Å². The van der Waals surface area contributed by atoms with Gasteiger partial charge in [0, 0.05) is 44.4 Å². The maximum atomic E-state index is 14.8. The number of nitrogens with zero attached hydrogens (tertiary/aromatic N) is 4. The van der Waals surface area contributed by atoms with Gasteiger partial charge in [-0.3, -0.25) is 9.59 Å². The van der Waals surface area contributed by atoms with Gasteiger partial charge in [-0.05, 0) is 49.6 Å². The molecule has 2 aliphatic heterocycles. The second-order valence-electron chi connectivity index (χ2n) is 8.24. The molecular weight excluding hydrogens is 399 g/mol. The number of carbonyl (C=O) groups excluding carboxylic acids is 2. The molecule has 2 saturated heterocycles. The van der Waals surface area contributed by atoms with E-state index in [-0.39, 0.29) is 36.1 Å². The van der Waals surface area contributed by atoms with Gasteiger partial charge in [-0.1, -0.05) is 6.07 Å². The third-order valence-electron chi connectivity index (χ3n) is 6.04. The number of benzene rings is 1. The summed E-state index contributed by atoms with van der Waals surface area (Å²) < 4.78 is 14.8. The Kier molecular flexibility index (Phi) is 5.91. The topological polar surface area (TPSA) is 77.0 Å². The first-order chi connectivity index (χ1) is 14.9. The summed E-state index contributed by atoms with van der Waals surface area (Å²) in [4.78, 5) is 34.8. The zero-order chi connectivity index (χ0) is 22.1. The monoisotopic (exact) mass is 426 g/mol. The van der Waals surface area contributed by atoms with E-state index in [9.17, 15) is 19.1 Å². The molecule has 2 aliphatic rings. The van der Waals surface area contributed by atoms with E-state index in [2.05, 4.69) is 16.0 Å². The van der Waals surface area contributed by atoms with Crippen molar-refractivity contribution in [3.05, 3.63) is 53.0 Å². The summed E-state index contributed by atoms with van der Waals surface area (Å²) in [5.74, 6) is -0.141. The molecule has 7 nitrogen and oxygen atoms in total. The van der Waals surface area contributed by atoms with E-state index in [4.69, 9.17) is 0 Å². The number of aliphatic hydroxyl groups is 1. The highest BCUT2D eigenvalue weighted by Gasteiger charge is 2.33. The summed E-state index contributed by atoms with van der Waals surface area (Å²) in [7, 11) is 0. The Morgan fingerprint density at radius 2 is 1.94 bits per heavy atom. The van der Waals surface area contributed by atoms with E-state index in [0.717, 1.165) is 16.9 Å². The van der Waals surface area contributed by atoms with Gasteiger partial charge in [0.1, 0.15) is 11.6 Å². The number of anilines is 2. The van der Waals surface area contributed by atoms with Crippen molar-refractivity contribution in [2.75, 3.05) is 42.6 Å². The van der Waals surface area contributed by atoms with Crippen molar-refractivity contribution in [1.29, 1.82) is 0 Å². The van der Waals surface area contributed by atoms with Crippen LogP contribution in [0.2, 0.25) is 0 Å². The molecule has 1 aromatic carbocycles. The molecule has 0 spiro atoms. The zero-order valence-corrected chi connectivity index (χ0v) is 17.8. The maximum absolute atomic E-state index is 14.8. The molecule has 4 rings (SSSR count). The van der Waals surface area contributed by atoms with Crippen LogP contribution < -0.4 is 9.80 Å². The molecular formula is C23H27FN4O3. The SMILES string of the molecule is Cc1cnc(N2CCN(C(=O)c3ccc(N4C(=O)CCC4CO)c(F)c3)CC2)c(C)c1. The number of rotatable bonds is 4. The van der Waals surface area contributed by atoms with Gasteiger partial charge >= 0.3 is 0 Å². The van der Waals surface area contributed by atoms with Crippen molar-refractivity contribution < 1.29 is 19.1 Å². The molecule has 3 heterocycles. The number of amides is 2. The van der Waals surface area contributed by atoms with Crippen LogP contribution in [0.5, 0.6) is 0 Å². The first-order valence-corrected chi connectivity index (χ1v) is 10.6. The molecule has 0 aliphatic carbocycles. The van der Waals surface area contributed by atoms with Crippen LogP contribution >= 0.6 is 0 Å². The lowest BCUT2D eigenvalue weighted by Gasteiger charge is -2.36. The number of halogens is 1. The highest BCUT2D eigenvalue weighted by atomic mass is 19.1. The van der Waals surface area contributed by atoms with Crippen molar-refractivity contribution in [2.24, 2.45) is 0 Å². The molecule has 2 fully saturated rings. The van der Waals surface area contributed by atoms with Gasteiger partial charge in [0.15, 0.2) is 0 Å². The maximum Gasteiger partial charge on any atom is 0.254 e. The first-order valence-electron chi connectivity index (χ1n) is 10.6. The number of piperazine rings is 1. The number of aromatic nitrogens is 1. The second kappa shape index (κ2) is 8.63. The fourth-order valence-electron chi connectivity index (χ4n) is 4.43. The van der Waals surface area contributed by atoms with Crippen LogP contribution in [0.25, 0.3) is 0 Å². The first kappa shape index (κ1) is 21.2. The van der Waals surface area contributed by atoms with Gasteiger partial charge in [0.2, 0.25) is 5.91 Å². The van der Waals surface area contributed by atoms with Gasteiger partial charge in [-0.15, -0.1) is 0 Å². The minimum atomic E-state index is -0.627. The van der Waals surface area contributed by atoms with Gasteiger partial charge in [-0.25, -0.2) is 9.37 Å². The lowest BCUT2D eigenvalue weighted by Crippen LogP contribution is -2.49. The molecule has 1 unspecified atom stereocenters. The van der Waals surface area contributed by atoms with E-state index in [0.29, 0.717) is 32.6 Å². The molecule has 2 amide bonds. The Bertz CT molecular complexity index is 1000. The minimum absolute atomic E-state index is 0.115. The molecule has 1 N–H and O–H groups in total. The van der Waals surface area contributed by atoms with Crippen LogP contribution in [0.15, 0.2) is 30.5 Å². The third-order valence-corrected chi connectivity index (χ3v) is 6.04. The van der Waals surface area contributed by atoms with E-state index in [1.54, 1.807) is 11.0 Å². The average Bonchev–Trinajstić information content (AvgIpc) is 3.13. The quantitative estimate of drug-likeness (QED) is 0.812. The number of hydrogen-bond donors (Lipinski definition) is 1. The molecule has 0 radical (unpaired) electrons. The molecule has 2 aromatic rings. The highest BCUT2D eigenvalue weighted by Crippen LogP contribution is 2.30. The molecule has 1 aromatic heterocycles. The molecule has 0 saturated carbocycles. The number of aryl methyl sites for hydroxylation is 2. The third kappa shape index (κ3) is 4.12. The molecule has 1 atom stereocenters. The van der Waals surface area contributed by atoms with Crippen LogP contribution in [-0.2, 0) is 4.79 Å². The van der Waals surface area contributed by atoms with E-state index >= 15 is 0 Å². The van der Waals surface area contributed by atoms with Crippen LogP contribution in [0.4, 0.5) is 15.9 Å². The largest absolute Gasteiger partial charge is 0.394 e. The summed E-state index contributed by atoms with van der Waals surface area (Å²) in [6, 6.07) is 5.88. The fourth-order valence-corrected chi connectivity index (χ4v) is 4.43. The Morgan fingerprint density at radius 3 is 2.58 bits per heavy atom. The number of aliphatic hydroxyl groups excluding tert-OH is 1. The van der Waals surface area contributed by atoms with Gasteiger partial charge in [0.25, 0.3) is 5.91 Å². The lowest BCUT2D eigenvalue weighted by atomic mass is 10.1. The van der Waals surface area contributed by atoms with E-state index < -0.39 is 11.9 Å². The second-order valence-corrected chi connectivity index (χ2v) is 8.24. The van der Waals surface area contributed by atoms with Crippen molar-refractivity contribution in [3.8, 4) is 0 Å². The van der Waals surface area contributed by atoms with Crippen molar-refractivity contribution >= 4 is 23.3 Å². The number of hydrogen-bond acceptors (Lipinski definition) is 5. The standard InChI is InChI=1S/C23H27FN4O3/c1-15-11-16(2)22(25-13-15)26-7-9-27(10-8-26)23(31)17-3-5-20(19(24)12-17)28-18(14-29)4-6-21(28)30/h3,5,11-13,18,29H,4,6-10,14H2,1-2H3. The van der Waals surface area contributed by atoms with Crippen LogP contribution in [-0.4, -0.2) is 65.6 Å². The Hall–Kier alpha value is -3.00. The van der Waals surface area contributed by atoms with Crippen LogP contribution in [0.1, 0.15) is 34.3 Å². The number of carbonyl (C=O) groups is 2. The normalized spacial score (nSPS) is 19.3. The van der Waals surface area contributed by atoms with Gasteiger partial charge in [-0.2, -0.15) is 0 Å². The number of pyridine rings is 1. The summed E-state index contributed by atoms with van der Waals surface area (Å²) in [5, 5.41) is 9.47. The summed E-state index contributed by atoms with van der Waals surface area (Å²) in [6.45, 7) is 6.18. The van der Waals surface area contributed by atoms with E-state index in [1.165, 1.54) is 17.0 Å². The van der Waals surface area contributed by atoms with Crippen molar-refractivity contribution in [2.45, 2.75) is 32.7 Å². The zero-order valence-electron chi connectivity index (χ0n) is 17.8. The Morgan fingerprint density at radius 1 is 1.19 bits per heavy atom. The van der Waals surface area contributed by atoms with Crippen molar-refractivity contribution in [3.63, 3.8) is 0 Å². The Balaban J connectivity index is 1.44. The lowest BCUT2D eigenvalue weighted by molar-refractivity contribution is -0.117. The van der Waals surface area contributed by atoms with Gasteiger partial charge < -0.3 is 19.8 Å². The molecule has 8 heteroatoms. The summed E-state index contributed by atoms with van der Waals surface area (Å²) in [6.07, 6.45) is 2.62. The van der Waals surface area contributed by atoms with Crippen LogP contribution in [0.3, 0.4) is 0 Å². The average molecular weight is 426 g/mol. The van der Waals surface area contributed by atoms with Crippen LogP contribution in [0, 0.1) is 19.7 Å².